The van der Waals surface area contributed by atoms with Gasteiger partial charge in [0.15, 0.2) is 0 Å². The molecule has 0 saturated heterocycles. The SMILES string of the molecule is Cc1nc(-c2ccc(SCC(C)C)c(-n3cnnn3)c2)sc1C(=O)OF. The third-order valence-electron chi connectivity index (χ3n) is 3.43. The van der Waals surface area contributed by atoms with E-state index < -0.39 is 5.97 Å². The Morgan fingerprint density at radius 2 is 2.23 bits per heavy atom. The predicted molar refractivity (Wildman–Crippen MR) is 97.1 cm³/mol. The van der Waals surface area contributed by atoms with Crippen LogP contribution in [-0.4, -0.2) is 36.9 Å². The van der Waals surface area contributed by atoms with Crippen LogP contribution in [0, 0.1) is 12.8 Å². The molecule has 0 spiro atoms. The zero-order valence-electron chi connectivity index (χ0n) is 14.3. The first-order valence-electron chi connectivity index (χ1n) is 7.80. The first-order chi connectivity index (χ1) is 12.5. The Balaban J connectivity index is 2.02. The molecular formula is C16H16FN5O2S2. The van der Waals surface area contributed by atoms with Crippen LogP contribution in [0.3, 0.4) is 0 Å². The third kappa shape index (κ3) is 3.91. The van der Waals surface area contributed by atoms with Crippen molar-refractivity contribution in [1.29, 1.82) is 0 Å². The topological polar surface area (TPSA) is 82.8 Å². The maximum absolute atomic E-state index is 12.2. The third-order valence-corrected chi connectivity index (χ3v) is 6.10. The molecule has 2 aromatic heterocycles. The normalized spacial score (nSPS) is 11.1. The van der Waals surface area contributed by atoms with Crippen molar-refractivity contribution in [1.82, 2.24) is 25.2 Å². The van der Waals surface area contributed by atoms with E-state index in [0.29, 0.717) is 16.6 Å². The molecule has 136 valence electrons. The number of benzene rings is 1. The summed E-state index contributed by atoms with van der Waals surface area (Å²) < 4.78 is 13.8. The van der Waals surface area contributed by atoms with Crippen molar-refractivity contribution in [3.8, 4) is 16.3 Å². The Hall–Kier alpha value is -2.33. The average Bonchev–Trinajstić information content (AvgIpc) is 3.29. The number of hydrogen-bond acceptors (Lipinski definition) is 8. The number of rotatable bonds is 6. The van der Waals surface area contributed by atoms with E-state index >= 15 is 0 Å². The van der Waals surface area contributed by atoms with Crippen LogP contribution in [0.5, 0.6) is 0 Å². The van der Waals surface area contributed by atoms with Crippen molar-refractivity contribution < 1.29 is 14.3 Å². The molecule has 0 N–H and O–H groups in total. The molecule has 3 aromatic rings. The highest BCUT2D eigenvalue weighted by Crippen LogP contribution is 2.34. The van der Waals surface area contributed by atoms with Gasteiger partial charge in [0.1, 0.15) is 16.2 Å². The van der Waals surface area contributed by atoms with Gasteiger partial charge in [-0.05, 0) is 35.4 Å². The Morgan fingerprint density at radius 1 is 1.42 bits per heavy atom. The van der Waals surface area contributed by atoms with Crippen molar-refractivity contribution in [3.05, 3.63) is 35.1 Å². The molecule has 0 fully saturated rings. The van der Waals surface area contributed by atoms with Gasteiger partial charge in [-0.15, -0.1) is 28.2 Å². The first-order valence-corrected chi connectivity index (χ1v) is 9.60. The van der Waals surface area contributed by atoms with Crippen molar-refractivity contribution in [3.63, 3.8) is 0 Å². The van der Waals surface area contributed by atoms with Gasteiger partial charge in [-0.2, -0.15) is 4.68 Å². The Morgan fingerprint density at radius 3 is 2.88 bits per heavy atom. The maximum Gasteiger partial charge on any atom is 0.391 e. The van der Waals surface area contributed by atoms with E-state index in [1.165, 1.54) is 6.33 Å². The Bertz CT molecular complexity index is 912. The second-order valence-corrected chi connectivity index (χ2v) is 8.00. The smallest absolute Gasteiger partial charge is 0.248 e. The van der Waals surface area contributed by atoms with Gasteiger partial charge in [0.25, 0.3) is 0 Å². The molecule has 26 heavy (non-hydrogen) atoms. The summed E-state index contributed by atoms with van der Waals surface area (Å²) in [7, 11) is 0. The van der Waals surface area contributed by atoms with Crippen molar-refractivity contribution in [2.75, 3.05) is 5.75 Å². The van der Waals surface area contributed by atoms with Gasteiger partial charge in [-0.1, -0.05) is 19.9 Å². The van der Waals surface area contributed by atoms with Crippen LogP contribution in [0.15, 0.2) is 29.4 Å². The first kappa shape index (κ1) is 18.5. The number of carbonyl (C=O) groups excluding carboxylic acids is 1. The van der Waals surface area contributed by atoms with E-state index in [4.69, 9.17) is 0 Å². The van der Waals surface area contributed by atoms with E-state index in [1.54, 1.807) is 23.4 Å². The second kappa shape index (κ2) is 7.92. The number of aromatic nitrogens is 5. The summed E-state index contributed by atoms with van der Waals surface area (Å²) in [6, 6.07) is 5.80. The van der Waals surface area contributed by atoms with Crippen LogP contribution in [0.25, 0.3) is 16.3 Å². The summed E-state index contributed by atoms with van der Waals surface area (Å²) in [5.41, 5.74) is 2.03. The van der Waals surface area contributed by atoms with Gasteiger partial charge in [-0.25, -0.2) is 14.7 Å². The minimum Gasteiger partial charge on any atom is -0.248 e. The number of hydrogen-bond donors (Lipinski definition) is 0. The van der Waals surface area contributed by atoms with Gasteiger partial charge in [0.2, 0.25) is 0 Å². The molecule has 2 heterocycles. The van der Waals surface area contributed by atoms with Gasteiger partial charge >= 0.3 is 5.97 Å². The van der Waals surface area contributed by atoms with E-state index in [0.717, 1.165) is 33.2 Å². The molecular weight excluding hydrogens is 377 g/mol. The van der Waals surface area contributed by atoms with Gasteiger partial charge in [0.05, 0.1) is 11.4 Å². The maximum atomic E-state index is 12.2. The highest BCUT2D eigenvalue weighted by molar-refractivity contribution is 7.99. The summed E-state index contributed by atoms with van der Waals surface area (Å²) in [6.45, 7) is 5.95. The highest BCUT2D eigenvalue weighted by atomic mass is 32.2. The molecule has 0 bridgehead atoms. The number of tetrazole rings is 1. The molecule has 1 aromatic carbocycles. The largest absolute Gasteiger partial charge is 0.391 e. The van der Waals surface area contributed by atoms with Gasteiger partial charge < -0.3 is 0 Å². The second-order valence-electron chi connectivity index (χ2n) is 5.94. The Kier molecular flexibility index (Phi) is 5.62. The Labute approximate surface area is 157 Å². The lowest BCUT2D eigenvalue weighted by Crippen LogP contribution is -2.00. The van der Waals surface area contributed by atoms with Crippen LogP contribution in [0.1, 0.15) is 29.2 Å². The van der Waals surface area contributed by atoms with Gasteiger partial charge in [-0.3, -0.25) is 0 Å². The number of thiazole rings is 1. The van der Waals surface area contributed by atoms with Crippen molar-refractivity contribution in [2.45, 2.75) is 25.7 Å². The summed E-state index contributed by atoms with van der Waals surface area (Å²) >= 11 is 2.80. The van der Waals surface area contributed by atoms with E-state index in [-0.39, 0.29) is 4.88 Å². The standard InChI is InChI=1S/C16H16FN5O2S2/c1-9(2)7-25-13-5-4-11(6-12(13)22-8-18-20-21-22)15-19-10(3)14(26-15)16(23)24-17/h4-6,8-9H,7H2,1-3H3. The zero-order valence-corrected chi connectivity index (χ0v) is 16.0. The number of aryl methyl sites for hydroxylation is 1. The van der Waals surface area contributed by atoms with Crippen LogP contribution >= 0.6 is 23.1 Å². The molecule has 0 atom stereocenters. The van der Waals surface area contributed by atoms with E-state index in [9.17, 15) is 9.32 Å². The van der Waals surface area contributed by atoms with Crippen LogP contribution < -0.4 is 0 Å². The van der Waals surface area contributed by atoms with Crippen LogP contribution in [-0.2, 0) is 4.94 Å². The summed E-state index contributed by atoms with van der Waals surface area (Å²) in [4.78, 5) is 20.3. The van der Waals surface area contributed by atoms with E-state index in [1.807, 2.05) is 18.2 Å². The highest BCUT2D eigenvalue weighted by Gasteiger charge is 2.19. The lowest BCUT2D eigenvalue weighted by Gasteiger charge is -2.11. The molecule has 10 heteroatoms. The fourth-order valence-electron chi connectivity index (χ4n) is 2.22. The molecule has 0 saturated carbocycles. The zero-order chi connectivity index (χ0) is 18.7. The fraction of sp³-hybridized carbons (Fsp3) is 0.312. The molecule has 0 unspecified atom stereocenters. The summed E-state index contributed by atoms with van der Waals surface area (Å²) in [5, 5.41) is 12.0. The molecule has 0 amide bonds. The van der Waals surface area contributed by atoms with Crippen LogP contribution in [0.4, 0.5) is 4.53 Å². The minimum atomic E-state index is -1.03. The molecule has 0 aliphatic carbocycles. The number of carbonyl (C=O) groups is 1. The van der Waals surface area contributed by atoms with Crippen molar-refractivity contribution in [2.24, 2.45) is 5.92 Å². The molecule has 0 radical (unpaired) electrons. The predicted octanol–water partition coefficient (Wildman–Crippen LogP) is 3.88. The lowest BCUT2D eigenvalue weighted by molar-refractivity contribution is -0.0784. The minimum absolute atomic E-state index is 0.143. The van der Waals surface area contributed by atoms with Gasteiger partial charge in [0, 0.05) is 20.7 Å². The van der Waals surface area contributed by atoms with Crippen molar-refractivity contribution >= 4 is 29.1 Å². The number of halogens is 1. The number of nitrogens with zero attached hydrogens (tertiary/aromatic N) is 5. The molecule has 0 aliphatic rings. The fourth-order valence-corrected chi connectivity index (χ4v) is 4.13. The monoisotopic (exact) mass is 393 g/mol. The molecule has 3 rings (SSSR count). The van der Waals surface area contributed by atoms with E-state index in [2.05, 4.69) is 39.3 Å². The summed E-state index contributed by atoms with van der Waals surface area (Å²) in [5.74, 6) is 0.463. The van der Waals surface area contributed by atoms with Crippen LogP contribution in [0.2, 0.25) is 0 Å². The average molecular weight is 393 g/mol. The number of thioether (sulfide) groups is 1. The molecule has 7 nitrogen and oxygen atoms in total. The summed E-state index contributed by atoms with van der Waals surface area (Å²) in [6.07, 6.45) is 1.53. The quantitative estimate of drug-likeness (QED) is 0.588. The molecule has 0 aliphatic heterocycles. The lowest BCUT2D eigenvalue weighted by atomic mass is 10.2.